The first-order chi connectivity index (χ1) is 11.8. The summed E-state index contributed by atoms with van der Waals surface area (Å²) in [5.74, 6) is 2.02. The van der Waals surface area contributed by atoms with Gasteiger partial charge < -0.3 is 14.8 Å². The number of hydrogen-bond acceptors (Lipinski definition) is 6. The molecule has 0 fully saturated rings. The first-order valence-corrected chi connectivity index (χ1v) is 9.01. The van der Waals surface area contributed by atoms with Gasteiger partial charge in [0.2, 0.25) is 11.1 Å². The molecule has 2 aromatic rings. The number of nitrogens with zero attached hydrogens (tertiary/aromatic N) is 2. The summed E-state index contributed by atoms with van der Waals surface area (Å²) in [5, 5.41) is 10.2. The number of hydrogen-bond donors (Lipinski definition) is 2. The van der Waals surface area contributed by atoms with Crippen LogP contribution < -0.4 is 14.8 Å². The van der Waals surface area contributed by atoms with Gasteiger partial charge in [0, 0.05) is 17.2 Å². The molecule has 1 amide bonds. The SMILES string of the molecule is CC(Sc1n[nH]c(C(C)(C)C)n1)C(=O)Nc1ccc2c(c1)OCCO2. The van der Waals surface area contributed by atoms with Crippen LogP contribution in [0.25, 0.3) is 0 Å². The van der Waals surface area contributed by atoms with Crippen molar-refractivity contribution in [2.75, 3.05) is 18.5 Å². The Balaban J connectivity index is 1.62. The molecule has 1 aliphatic rings. The van der Waals surface area contributed by atoms with E-state index in [0.29, 0.717) is 35.6 Å². The molecule has 0 radical (unpaired) electrons. The molecule has 134 valence electrons. The van der Waals surface area contributed by atoms with E-state index in [1.807, 2.05) is 6.92 Å². The lowest BCUT2D eigenvalue weighted by molar-refractivity contribution is -0.115. The van der Waals surface area contributed by atoms with Gasteiger partial charge in [-0.05, 0) is 19.1 Å². The van der Waals surface area contributed by atoms with Crippen molar-refractivity contribution in [2.45, 2.75) is 43.5 Å². The lowest BCUT2D eigenvalue weighted by atomic mass is 9.96. The van der Waals surface area contributed by atoms with Crippen molar-refractivity contribution >= 4 is 23.4 Å². The average Bonchev–Trinajstić information content (AvgIpc) is 3.03. The third-order valence-corrected chi connectivity index (χ3v) is 4.60. The highest BCUT2D eigenvalue weighted by molar-refractivity contribution is 8.00. The normalized spacial score (nSPS) is 14.9. The summed E-state index contributed by atoms with van der Waals surface area (Å²) in [6, 6.07) is 5.37. The summed E-state index contributed by atoms with van der Waals surface area (Å²) in [4.78, 5) is 16.9. The number of carbonyl (C=O) groups is 1. The van der Waals surface area contributed by atoms with Crippen molar-refractivity contribution in [3.8, 4) is 11.5 Å². The Hall–Kier alpha value is -2.22. The number of fused-ring (bicyclic) bond motifs is 1. The van der Waals surface area contributed by atoms with E-state index < -0.39 is 0 Å². The molecule has 1 unspecified atom stereocenters. The van der Waals surface area contributed by atoms with Crippen molar-refractivity contribution in [3.63, 3.8) is 0 Å². The second-order valence-corrected chi connectivity index (χ2v) is 8.13. The fraction of sp³-hybridized carbons (Fsp3) is 0.471. The number of rotatable bonds is 4. The number of benzene rings is 1. The van der Waals surface area contributed by atoms with Gasteiger partial charge in [0.15, 0.2) is 11.5 Å². The molecule has 25 heavy (non-hydrogen) atoms. The van der Waals surface area contributed by atoms with Crippen LogP contribution in [0.2, 0.25) is 0 Å². The van der Waals surface area contributed by atoms with Crippen molar-refractivity contribution in [2.24, 2.45) is 0 Å². The number of aromatic nitrogens is 3. The van der Waals surface area contributed by atoms with Gasteiger partial charge in [-0.15, -0.1) is 5.10 Å². The van der Waals surface area contributed by atoms with E-state index in [1.165, 1.54) is 11.8 Å². The molecule has 0 saturated carbocycles. The van der Waals surface area contributed by atoms with Crippen LogP contribution in [0.5, 0.6) is 11.5 Å². The van der Waals surface area contributed by atoms with Crippen LogP contribution in [0.15, 0.2) is 23.4 Å². The van der Waals surface area contributed by atoms with Gasteiger partial charge in [-0.3, -0.25) is 9.89 Å². The van der Waals surface area contributed by atoms with Crippen LogP contribution in [-0.2, 0) is 10.2 Å². The number of anilines is 1. The van der Waals surface area contributed by atoms with Crippen LogP contribution in [0.4, 0.5) is 5.69 Å². The second kappa shape index (κ2) is 6.95. The van der Waals surface area contributed by atoms with Crippen LogP contribution in [0.1, 0.15) is 33.5 Å². The molecule has 0 spiro atoms. The van der Waals surface area contributed by atoms with Gasteiger partial charge in [0.1, 0.15) is 19.0 Å². The van der Waals surface area contributed by atoms with E-state index >= 15 is 0 Å². The molecular formula is C17H22N4O3S. The van der Waals surface area contributed by atoms with E-state index in [9.17, 15) is 4.79 Å². The lowest BCUT2D eigenvalue weighted by Crippen LogP contribution is -2.23. The fourth-order valence-corrected chi connectivity index (χ4v) is 2.94. The summed E-state index contributed by atoms with van der Waals surface area (Å²) in [6.07, 6.45) is 0. The van der Waals surface area contributed by atoms with Crippen molar-refractivity contribution in [1.82, 2.24) is 15.2 Å². The molecule has 2 heterocycles. The Bertz CT molecular complexity index is 769. The maximum atomic E-state index is 12.4. The zero-order valence-corrected chi connectivity index (χ0v) is 15.6. The molecule has 0 saturated heterocycles. The van der Waals surface area contributed by atoms with Crippen LogP contribution >= 0.6 is 11.8 Å². The quantitative estimate of drug-likeness (QED) is 0.813. The standard InChI is InChI=1S/C17H22N4O3S/c1-10(25-16-19-15(20-21-16)17(2,3)4)14(22)18-11-5-6-12-13(9-11)24-8-7-23-12/h5-6,9-10H,7-8H2,1-4H3,(H,18,22)(H,19,20,21). The van der Waals surface area contributed by atoms with Crippen molar-refractivity contribution in [1.29, 1.82) is 0 Å². The third-order valence-electron chi connectivity index (χ3n) is 3.64. The Labute approximate surface area is 150 Å². The van der Waals surface area contributed by atoms with Gasteiger partial charge in [0.25, 0.3) is 0 Å². The van der Waals surface area contributed by atoms with E-state index in [4.69, 9.17) is 9.47 Å². The van der Waals surface area contributed by atoms with E-state index in [-0.39, 0.29) is 16.6 Å². The van der Waals surface area contributed by atoms with E-state index in [2.05, 4.69) is 41.3 Å². The highest BCUT2D eigenvalue weighted by Crippen LogP contribution is 2.33. The molecular weight excluding hydrogens is 340 g/mol. The van der Waals surface area contributed by atoms with Crippen LogP contribution in [-0.4, -0.2) is 39.6 Å². The molecule has 8 heteroatoms. The molecule has 0 bridgehead atoms. The molecule has 2 N–H and O–H groups in total. The predicted octanol–water partition coefficient (Wildman–Crippen LogP) is 2.99. The second-order valence-electron chi connectivity index (χ2n) is 6.82. The Morgan fingerprint density at radius 2 is 2.00 bits per heavy atom. The minimum atomic E-state index is -0.336. The lowest BCUT2D eigenvalue weighted by Gasteiger charge is -2.19. The number of thioether (sulfide) groups is 1. The number of H-pyrrole nitrogens is 1. The number of aromatic amines is 1. The van der Waals surface area contributed by atoms with Gasteiger partial charge in [-0.25, -0.2) is 4.98 Å². The topological polar surface area (TPSA) is 89.1 Å². The molecule has 1 aromatic heterocycles. The van der Waals surface area contributed by atoms with E-state index in [1.54, 1.807) is 18.2 Å². The molecule has 1 aliphatic heterocycles. The number of carbonyl (C=O) groups excluding carboxylic acids is 1. The first kappa shape index (κ1) is 17.6. The largest absolute Gasteiger partial charge is 0.486 e. The van der Waals surface area contributed by atoms with Gasteiger partial charge >= 0.3 is 0 Å². The number of nitrogens with one attached hydrogen (secondary N) is 2. The smallest absolute Gasteiger partial charge is 0.237 e. The minimum Gasteiger partial charge on any atom is -0.486 e. The summed E-state index contributed by atoms with van der Waals surface area (Å²) < 4.78 is 11.0. The molecule has 1 aromatic carbocycles. The molecule has 7 nitrogen and oxygen atoms in total. The van der Waals surface area contributed by atoms with Gasteiger partial charge in [-0.1, -0.05) is 32.5 Å². The van der Waals surface area contributed by atoms with Crippen LogP contribution in [0.3, 0.4) is 0 Å². The summed E-state index contributed by atoms with van der Waals surface area (Å²) >= 11 is 1.32. The Morgan fingerprint density at radius 1 is 1.28 bits per heavy atom. The van der Waals surface area contributed by atoms with Gasteiger partial charge in [-0.2, -0.15) is 0 Å². The van der Waals surface area contributed by atoms with Crippen molar-refractivity contribution in [3.05, 3.63) is 24.0 Å². The molecule has 1 atom stereocenters. The number of ether oxygens (including phenoxy) is 2. The zero-order valence-electron chi connectivity index (χ0n) is 14.8. The number of amides is 1. The minimum absolute atomic E-state index is 0.109. The highest BCUT2D eigenvalue weighted by Gasteiger charge is 2.22. The monoisotopic (exact) mass is 362 g/mol. The summed E-state index contributed by atoms with van der Waals surface area (Å²) in [7, 11) is 0. The Morgan fingerprint density at radius 3 is 2.68 bits per heavy atom. The van der Waals surface area contributed by atoms with E-state index in [0.717, 1.165) is 5.82 Å². The third kappa shape index (κ3) is 4.25. The van der Waals surface area contributed by atoms with Crippen molar-refractivity contribution < 1.29 is 14.3 Å². The maximum Gasteiger partial charge on any atom is 0.237 e. The van der Waals surface area contributed by atoms with Gasteiger partial charge in [0.05, 0.1) is 5.25 Å². The summed E-state index contributed by atoms with van der Waals surface area (Å²) in [5.41, 5.74) is 0.565. The molecule has 3 rings (SSSR count). The summed E-state index contributed by atoms with van der Waals surface area (Å²) in [6.45, 7) is 9.04. The predicted molar refractivity (Wildman–Crippen MR) is 96.5 cm³/mol. The fourth-order valence-electron chi connectivity index (χ4n) is 2.21. The molecule has 0 aliphatic carbocycles. The first-order valence-electron chi connectivity index (χ1n) is 8.13. The van der Waals surface area contributed by atoms with Crippen LogP contribution in [0, 0.1) is 0 Å². The highest BCUT2D eigenvalue weighted by atomic mass is 32.2. The maximum absolute atomic E-state index is 12.4. The Kier molecular flexibility index (Phi) is 4.89. The zero-order chi connectivity index (χ0) is 18.0. The average molecular weight is 362 g/mol.